The van der Waals surface area contributed by atoms with Gasteiger partial charge in [-0.2, -0.15) is 0 Å². The lowest BCUT2D eigenvalue weighted by Crippen LogP contribution is -2.22. The zero-order valence-electron chi connectivity index (χ0n) is 5.91. The van der Waals surface area contributed by atoms with Crippen LogP contribution in [0.4, 0.5) is 0 Å². The maximum atomic E-state index is 5.74. The highest BCUT2D eigenvalue weighted by Gasteiger charge is 2.28. The van der Waals surface area contributed by atoms with Crippen molar-refractivity contribution < 1.29 is 9.05 Å². The number of hydrogen-bond acceptors (Lipinski definition) is 3. The highest BCUT2D eigenvalue weighted by Crippen LogP contribution is 2.58. The van der Waals surface area contributed by atoms with E-state index in [0.29, 0.717) is 0 Å². The summed E-state index contributed by atoms with van der Waals surface area (Å²) >= 11 is 10.6. The minimum Gasteiger partial charge on any atom is -0.315 e. The standard InChI is InChI=1S/C5H10ClO2PS/c1-4-3-5(2)8-9(6,10)7-4/h4-5H,3H2,1-2H3/t4-,5-/m0/s1. The maximum absolute atomic E-state index is 5.74. The third-order valence-corrected chi connectivity index (χ3v) is 3.49. The van der Waals surface area contributed by atoms with Gasteiger partial charge in [-0.1, -0.05) is 0 Å². The van der Waals surface area contributed by atoms with Gasteiger partial charge in [0.2, 0.25) is 0 Å². The Labute approximate surface area is 70.8 Å². The van der Waals surface area contributed by atoms with Crippen molar-refractivity contribution in [3.05, 3.63) is 0 Å². The van der Waals surface area contributed by atoms with Crippen LogP contribution in [0.1, 0.15) is 20.3 Å². The van der Waals surface area contributed by atoms with Gasteiger partial charge in [0.25, 0.3) is 5.84 Å². The molecule has 0 aromatic heterocycles. The predicted molar refractivity (Wildman–Crippen MR) is 45.8 cm³/mol. The number of rotatable bonds is 0. The van der Waals surface area contributed by atoms with Gasteiger partial charge >= 0.3 is 0 Å². The lowest BCUT2D eigenvalue weighted by atomic mass is 10.2. The minimum atomic E-state index is -2.39. The fourth-order valence-electron chi connectivity index (χ4n) is 1.01. The smallest absolute Gasteiger partial charge is 0.282 e. The van der Waals surface area contributed by atoms with Gasteiger partial charge in [-0.15, -0.1) is 0 Å². The first-order chi connectivity index (χ1) is 4.49. The number of halogens is 1. The van der Waals surface area contributed by atoms with Crippen molar-refractivity contribution in [2.45, 2.75) is 32.5 Å². The average molecular weight is 201 g/mol. The van der Waals surface area contributed by atoms with Gasteiger partial charge in [-0.3, -0.25) is 0 Å². The van der Waals surface area contributed by atoms with Gasteiger partial charge in [0.15, 0.2) is 0 Å². The van der Waals surface area contributed by atoms with E-state index < -0.39 is 5.84 Å². The third kappa shape index (κ3) is 2.48. The monoisotopic (exact) mass is 200 g/mol. The van der Waals surface area contributed by atoms with E-state index in [1.807, 2.05) is 13.8 Å². The Balaban J connectivity index is 2.60. The second kappa shape index (κ2) is 3.08. The largest absolute Gasteiger partial charge is 0.315 e. The van der Waals surface area contributed by atoms with E-state index in [1.165, 1.54) is 0 Å². The molecule has 0 aromatic carbocycles. The van der Waals surface area contributed by atoms with Crippen molar-refractivity contribution in [1.29, 1.82) is 0 Å². The van der Waals surface area contributed by atoms with Crippen LogP contribution in [0.5, 0.6) is 0 Å². The molecule has 2 atom stereocenters. The molecule has 0 saturated carbocycles. The molecular weight excluding hydrogens is 191 g/mol. The molecule has 0 spiro atoms. The Morgan fingerprint density at radius 1 is 1.40 bits per heavy atom. The zero-order chi connectivity index (χ0) is 7.78. The molecule has 60 valence electrons. The summed E-state index contributed by atoms with van der Waals surface area (Å²) in [5.41, 5.74) is 0. The minimum absolute atomic E-state index is 0.145. The molecule has 0 N–H and O–H groups in total. The summed E-state index contributed by atoms with van der Waals surface area (Å²) in [6.07, 6.45) is 1.17. The fraction of sp³-hybridized carbons (Fsp3) is 1.00. The molecule has 10 heavy (non-hydrogen) atoms. The summed E-state index contributed by atoms with van der Waals surface area (Å²) in [5, 5.41) is 0. The van der Waals surface area contributed by atoms with E-state index in [-0.39, 0.29) is 12.2 Å². The molecule has 0 amide bonds. The molecule has 0 bridgehead atoms. The molecule has 0 radical (unpaired) electrons. The molecule has 0 aliphatic carbocycles. The van der Waals surface area contributed by atoms with Crippen molar-refractivity contribution in [3.8, 4) is 0 Å². The molecule has 1 aliphatic rings. The van der Waals surface area contributed by atoms with Crippen LogP contribution in [0.2, 0.25) is 0 Å². The van der Waals surface area contributed by atoms with Gasteiger partial charge in [-0.25, -0.2) is 0 Å². The lowest BCUT2D eigenvalue weighted by molar-refractivity contribution is 0.0782. The summed E-state index contributed by atoms with van der Waals surface area (Å²) in [4.78, 5) is 0. The molecule has 0 unspecified atom stereocenters. The Morgan fingerprint density at radius 3 is 2.10 bits per heavy atom. The second-order valence-corrected chi connectivity index (χ2v) is 7.16. The van der Waals surface area contributed by atoms with Crippen LogP contribution in [0, 0.1) is 0 Å². The van der Waals surface area contributed by atoms with Crippen LogP contribution in [-0.4, -0.2) is 12.2 Å². The van der Waals surface area contributed by atoms with Crippen LogP contribution in [0.15, 0.2) is 0 Å². The van der Waals surface area contributed by atoms with E-state index in [0.717, 1.165) is 6.42 Å². The molecule has 1 rings (SSSR count). The zero-order valence-corrected chi connectivity index (χ0v) is 8.38. The highest BCUT2D eigenvalue weighted by molar-refractivity contribution is 8.22. The van der Waals surface area contributed by atoms with Gasteiger partial charge < -0.3 is 9.05 Å². The summed E-state index contributed by atoms with van der Waals surface area (Å²) in [5.74, 6) is -2.39. The lowest BCUT2D eigenvalue weighted by Gasteiger charge is -2.30. The molecule has 1 saturated heterocycles. The van der Waals surface area contributed by atoms with Gasteiger partial charge in [0, 0.05) is 6.42 Å². The van der Waals surface area contributed by atoms with Crippen molar-refractivity contribution in [2.75, 3.05) is 0 Å². The van der Waals surface area contributed by atoms with Crippen LogP contribution < -0.4 is 0 Å². The van der Waals surface area contributed by atoms with Crippen LogP contribution in [0.3, 0.4) is 0 Å². The van der Waals surface area contributed by atoms with Crippen molar-refractivity contribution in [3.63, 3.8) is 0 Å². The predicted octanol–water partition coefficient (Wildman–Crippen LogP) is 2.66. The summed E-state index contributed by atoms with van der Waals surface area (Å²) in [6.45, 7) is 3.92. The highest BCUT2D eigenvalue weighted by atomic mass is 35.7. The quantitative estimate of drug-likeness (QED) is 0.560. The molecule has 1 fully saturated rings. The Kier molecular flexibility index (Phi) is 2.75. The average Bonchev–Trinajstić information content (AvgIpc) is 1.54. The summed E-state index contributed by atoms with van der Waals surface area (Å²) < 4.78 is 10.4. The van der Waals surface area contributed by atoms with Crippen molar-refractivity contribution >= 4 is 28.9 Å². The first-order valence-electron chi connectivity index (χ1n) is 3.16. The number of hydrogen-bond donors (Lipinski definition) is 0. The maximum Gasteiger partial charge on any atom is 0.282 e. The van der Waals surface area contributed by atoms with Gasteiger partial charge in [-0.05, 0) is 36.9 Å². The molecule has 5 heteroatoms. The van der Waals surface area contributed by atoms with Gasteiger partial charge in [0.1, 0.15) is 0 Å². The van der Waals surface area contributed by atoms with Crippen LogP contribution in [-0.2, 0) is 20.9 Å². The van der Waals surface area contributed by atoms with Crippen LogP contribution >= 0.6 is 17.1 Å². The summed E-state index contributed by atoms with van der Waals surface area (Å²) in [6, 6.07) is 0. The van der Waals surface area contributed by atoms with E-state index in [9.17, 15) is 0 Å². The molecular formula is C5H10ClO2PS. The molecule has 2 nitrogen and oxygen atoms in total. The second-order valence-electron chi connectivity index (χ2n) is 2.50. The van der Waals surface area contributed by atoms with Crippen molar-refractivity contribution in [2.24, 2.45) is 0 Å². The first-order valence-corrected chi connectivity index (χ1v) is 6.70. The van der Waals surface area contributed by atoms with Crippen molar-refractivity contribution in [1.82, 2.24) is 0 Å². The third-order valence-electron chi connectivity index (χ3n) is 1.28. The van der Waals surface area contributed by atoms with Gasteiger partial charge in [0.05, 0.1) is 12.2 Å². The first kappa shape index (κ1) is 8.95. The molecule has 1 heterocycles. The normalized spacial score (nSPS) is 49.1. The Hall–Kier alpha value is 0.860. The fourth-order valence-corrected chi connectivity index (χ4v) is 3.79. The Morgan fingerprint density at radius 2 is 1.80 bits per heavy atom. The summed E-state index contributed by atoms with van der Waals surface area (Å²) in [7, 11) is 0. The van der Waals surface area contributed by atoms with E-state index in [1.54, 1.807) is 0 Å². The van der Waals surface area contributed by atoms with E-state index >= 15 is 0 Å². The van der Waals surface area contributed by atoms with E-state index in [2.05, 4.69) is 0 Å². The van der Waals surface area contributed by atoms with Crippen LogP contribution in [0.25, 0.3) is 0 Å². The Bertz CT molecular complexity index is 161. The molecule has 1 aliphatic heterocycles. The topological polar surface area (TPSA) is 18.5 Å². The molecule has 0 aromatic rings. The SMILES string of the molecule is C[C@H]1C[C@H](C)OP(=S)(Cl)O1. The van der Waals surface area contributed by atoms with E-state index in [4.69, 9.17) is 32.1 Å².